The average Bonchev–Trinajstić information content (AvgIpc) is 2.74. The Morgan fingerprint density at radius 3 is 2.38 bits per heavy atom. The summed E-state index contributed by atoms with van der Waals surface area (Å²) in [6.07, 6.45) is 1.57. The SMILES string of the molecule is COc1ccc(CCN(C)C(=O)CCCNC(=O)c2ccc(F)cc2)cc1OC. The molecule has 1 N–H and O–H groups in total. The van der Waals surface area contributed by atoms with Gasteiger partial charge in [0.1, 0.15) is 5.82 Å². The second-order valence-corrected chi connectivity index (χ2v) is 6.62. The number of nitrogens with zero attached hydrogens (tertiary/aromatic N) is 1. The van der Waals surface area contributed by atoms with Crippen molar-refractivity contribution >= 4 is 11.8 Å². The molecule has 0 spiro atoms. The van der Waals surface area contributed by atoms with Gasteiger partial charge in [-0.05, 0) is 54.8 Å². The van der Waals surface area contributed by atoms with Gasteiger partial charge in [-0.1, -0.05) is 6.07 Å². The molecule has 2 rings (SSSR count). The Hall–Kier alpha value is -3.09. The van der Waals surface area contributed by atoms with Gasteiger partial charge >= 0.3 is 0 Å². The van der Waals surface area contributed by atoms with Crippen molar-refractivity contribution in [1.82, 2.24) is 10.2 Å². The zero-order valence-corrected chi connectivity index (χ0v) is 17.0. The first-order valence-corrected chi connectivity index (χ1v) is 9.43. The van der Waals surface area contributed by atoms with Gasteiger partial charge in [0.2, 0.25) is 5.91 Å². The zero-order valence-electron chi connectivity index (χ0n) is 17.0. The highest BCUT2D eigenvalue weighted by molar-refractivity contribution is 5.94. The summed E-state index contributed by atoms with van der Waals surface area (Å²) >= 11 is 0. The van der Waals surface area contributed by atoms with E-state index in [4.69, 9.17) is 9.47 Å². The minimum atomic E-state index is -0.386. The Balaban J connectivity index is 1.71. The lowest BCUT2D eigenvalue weighted by molar-refractivity contribution is -0.129. The van der Waals surface area contributed by atoms with Gasteiger partial charge in [0.25, 0.3) is 5.91 Å². The van der Waals surface area contributed by atoms with E-state index in [9.17, 15) is 14.0 Å². The van der Waals surface area contributed by atoms with Crippen LogP contribution in [0.5, 0.6) is 11.5 Å². The lowest BCUT2D eigenvalue weighted by atomic mass is 10.1. The highest BCUT2D eigenvalue weighted by Gasteiger charge is 2.11. The summed E-state index contributed by atoms with van der Waals surface area (Å²) in [5.74, 6) is 0.684. The number of ether oxygens (including phenoxy) is 2. The molecule has 0 aromatic heterocycles. The summed E-state index contributed by atoms with van der Waals surface area (Å²) in [6, 6.07) is 11.0. The van der Waals surface area contributed by atoms with Crippen molar-refractivity contribution in [1.29, 1.82) is 0 Å². The molecule has 0 aliphatic rings. The molecule has 0 aliphatic carbocycles. The van der Waals surface area contributed by atoms with E-state index in [0.717, 1.165) is 5.56 Å². The molecular weight excluding hydrogens is 375 g/mol. The normalized spacial score (nSPS) is 10.3. The summed E-state index contributed by atoms with van der Waals surface area (Å²) in [5, 5.41) is 2.74. The quantitative estimate of drug-likeness (QED) is 0.621. The number of halogens is 1. The van der Waals surface area contributed by atoms with E-state index < -0.39 is 0 Å². The largest absolute Gasteiger partial charge is 0.493 e. The smallest absolute Gasteiger partial charge is 0.251 e. The zero-order chi connectivity index (χ0) is 21.2. The topological polar surface area (TPSA) is 67.9 Å². The van der Waals surface area contributed by atoms with Crippen molar-refractivity contribution in [2.75, 3.05) is 34.4 Å². The van der Waals surface area contributed by atoms with Crippen LogP contribution in [0.25, 0.3) is 0 Å². The number of likely N-dealkylation sites (N-methyl/N-ethyl adjacent to an activating group) is 1. The van der Waals surface area contributed by atoms with E-state index in [0.29, 0.717) is 49.4 Å². The number of methoxy groups -OCH3 is 2. The summed E-state index contributed by atoms with van der Waals surface area (Å²) in [7, 11) is 4.94. The molecule has 6 nitrogen and oxygen atoms in total. The van der Waals surface area contributed by atoms with Crippen LogP contribution in [-0.4, -0.2) is 51.1 Å². The Bertz CT molecular complexity index is 824. The van der Waals surface area contributed by atoms with Crippen LogP contribution in [0.4, 0.5) is 4.39 Å². The Morgan fingerprint density at radius 1 is 1.03 bits per heavy atom. The third kappa shape index (κ3) is 6.78. The van der Waals surface area contributed by atoms with E-state index in [1.54, 1.807) is 26.2 Å². The van der Waals surface area contributed by atoms with Gasteiger partial charge in [0.15, 0.2) is 11.5 Å². The molecule has 0 heterocycles. The van der Waals surface area contributed by atoms with E-state index in [2.05, 4.69) is 5.32 Å². The monoisotopic (exact) mass is 402 g/mol. The predicted molar refractivity (Wildman–Crippen MR) is 109 cm³/mol. The van der Waals surface area contributed by atoms with Crippen LogP contribution < -0.4 is 14.8 Å². The van der Waals surface area contributed by atoms with Gasteiger partial charge in [0.05, 0.1) is 14.2 Å². The van der Waals surface area contributed by atoms with Crippen molar-refractivity contribution in [2.24, 2.45) is 0 Å². The van der Waals surface area contributed by atoms with Gasteiger partial charge in [-0.15, -0.1) is 0 Å². The van der Waals surface area contributed by atoms with Crippen molar-refractivity contribution in [3.05, 3.63) is 59.4 Å². The van der Waals surface area contributed by atoms with Crippen LogP contribution in [-0.2, 0) is 11.2 Å². The van der Waals surface area contributed by atoms with Crippen LogP contribution in [0.2, 0.25) is 0 Å². The highest BCUT2D eigenvalue weighted by Crippen LogP contribution is 2.27. The van der Waals surface area contributed by atoms with E-state index in [-0.39, 0.29) is 17.6 Å². The molecule has 2 aromatic rings. The van der Waals surface area contributed by atoms with E-state index >= 15 is 0 Å². The molecule has 2 amide bonds. The minimum absolute atomic E-state index is 0.0153. The summed E-state index contributed by atoms with van der Waals surface area (Å²) in [4.78, 5) is 25.9. The van der Waals surface area contributed by atoms with Crippen LogP contribution in [0.15, 0.2) is 42.5 Å². The number of hydrogen-bond donors (Lipinski definition) is 1. The first kappa shape index (κ1) is 22.2. The van der Waals surface area contributed by atoms with Gasteiger partial charge in [-0.3, -0.25) is 9.59 Å². The number of nitrogens with one attached hydrogen (secondary N) is 1. The van der Waals surface area contributed by atoms with Crippen molar-refractivity contribution < 1.29 is 23.5 Å². The maximum absolute atomic E-state index is 12.9. The summed E-state index contributed by atoms with van der Waals surface area (Å²) in [5.41, 5.74) is 1.44. The first-order valence-electron chi connectivity index (χ1n) is 9.43. The summed E-state index contributed by atoms with van der Waals surface area (Å²) in [6.45, 7) is 0.960. The van der Waals surface area contributed by atoms with Crippen molar-refractivity contribution in [2.45, 2.75) is 19.3 Å². The van der Waals surface area contributed by atoms with Crippen molar-refractivity contribution in [3.63, 3.8) is 0 Å². The number of hydrogen-bond acceptors (Lipinski definition) is 4. The Morgan fingerprint density at radius 2 is 1.72 bits per heavy atom. The van der Waals surface area contributed by atoms with Crippen LogP contribution >= 0.6 is 0 Å². The van der Waals surface area contributed by atoms with E-state index in [1.807, 2.05) is 18.2 Å². The molecule has 2 aromatic carbocycles. The standard InChI is InChI=1S/C22H27FN2O4/c1-25(14-12-16-6-11-19(28-2)20(15-16)29-3)21(26)5-4-13-24-22(27)17-7-9-18(23)10-8-17/h6-11,15H,4-5,12-14H2,1-3H3,(H,24,27). The molecule has 7 heteroatoms. The number of carbonyl (C=O) groups is 2. The number of amides is 2. The maximum Gasteiger partial charge on any atom is 0.251 e. The second-order valence-electron chi connectivity index (χ2n) is 6.62. The molecular formula is C22H27FN2O4. The fourth-order valence-corrected chi connectivity index (χ4v) is 2.79. The number of benzene rings is 2. The number of rotatable bonds is 10. The minimum Gasteiger partial charge on any atom is -0.493 e. The molecule has 156 valence electrons. The highest BCUT2D eigenvalue weighted by atomic mass is 19.1. The molecule has 0 saturated heterocycles. The van der Waals surface area contributed by atoms with Crippen LogP contribution in [0.3, 0.4) is 0 Å². The molecule has 0 radical (unpaired) electrons. The Kier molecular flexibility index (Phi) is 8.45. The molecule has 0 atom stereocenters. The first-order chi connectivity index (χ1) is 13.9. The fourth-order valence-electron chi connectivity index (χ4n) is 2.79. The van der Waals surface area contributed by atoms with Gasteiger partial charge in [-0.25, -0.2) is 4.39 Å². The third-order valence-corrected chi connectivity index (χ3v) is 4.57. The number of carbonyl (C=O) groups excluding carboxylic acids is 2. The molecule has 0 saturated carbocycles. The molecule has 0 unspecified atom stereocenters. The van der Waals surface area contributed by atoms with Gasteiger partial charge in [-0.2, -0.15) is 0 Å². The summed E-state index contributed by atoms with van der Waals surface area (Å²) < 4.78 is 23.4. The second kappa shape index (κ2) is 11.0. The fraction of sp³-hybridized carbons (Fsp3) is 0.364. The third-order valence-electron chi connectivity index (χ3n) is 4.57. The maximum atomic E-state index is 12.9. The Labute approximate surface area is 170 Å². The van der Waals surface area contributed by atoms with Crippen LogP contribution in [0.1, 0.15) is 28.8 Å². The van der Waals surface area contributed by atoms with Crippen LogP contribution in [0, 0.1) is 5.82 Å². The lowest BCUT2D eigenvalue weighted by Crippen LogP contribution is -2.30. The molecule has 0 bridgehead atoms. The van der Waals surface area contributed by atoms with Gasteiger partial charge in [0, 0.05) is 32.1 Å². The van der Waals surface area contributed by atoms with E-state index in [1.165, 1.54) is 24.3 Å². The van der Waals surface area contributed by atoms with Gasteiger partial charge < -0.3 is 19.7 Å². The van der Waals surface area contributed by atoms with Crippen molar-refractivity contribution in [3.8, 4) is 11.5 Å². The lowest BCUT2D eigenvalue weighted by Gasteiger charge is -2.18. The molecule has 0 fully saturated rings. The average molecular weight is 402 g/mol. The molecule has 0 aliphatic heterocycles. The molecule has 29 heavy (non-hydrogen) atoms. The predicted octanol–water partition coefficient (Wildman–Crippen LogP) is 3.05.